The summed E-state index contributed by atoms with van der Waals surface area (Å²) < 4.78 is 25.6. The number of carboxylic acids is 1. The van der Waals surface area contributed by atoms with Crippen LogP contribution < -0.4 is 10.1 Å². The van der Waals surface area contributed by atoms with Gasteiger partial charge in [0.05, 0.1) is 23.8 Å². The zero-order chi connectivity index (χ0) is 24.8. The monoisotopic (exact) mass is 491 g/mol. The molecule has 3 N–H and O–H groups in total. The molecule has 8 heteroatoms. The maximum Gasteiger partial charge on any atom is 0.311 e. The number of benzene rings is 2. The maximum atomic E-state index is 13.7. The molecule has 6 nitrogen and oxygen atoms in total. The third-order valence-corrected chi connectivity index (χ3v) is 6.98. The number of halogens is 2. The van der Waals surface area contributed by atoms with E-state index in [0.717, 1.165) is 28.0 Å². The number of aliphatic hydroxyl groups excluding tert-OH is 1. The first-order chi connectivity index (χ1) is 16.0. The van der Waals surface area contributed by atoms with Gasteiger partial charge in [0, 0.05) is 23.6 Å². The Morgan fingerprint density at radius 1 is 1.32 bits per heavy atom. The zero-order valence-corrected chi connectivity index (χ0v) is 20.5. The number of hydrogen-bond acceptors (Lipinski definition) is 5. The third-order valence-electron chi connectivity index (χ3n) is 6.68. The summed E-state index contributed by atoms with van der Waals surface area (Å²) in [6.45, 7) is 8.23. The molecule has 184 valence electrons. The number of aliphatic hydroxyl groups is 1. The van der Waals surface area contributed by atoms with Gasteiger partial charge >= 0.3 is 5.97 Å². The van der Waals surface area contributed by atoms with E-state index in [1.807, 2.05) is 39.8 Å². The predicted octanol–water partition coefficient (Wildman–Crippen LogP) is 4.40. The number of carboxylic acid groups (broad SMARTS) is 1. The number of ether oxygens (including phenoxy) is 2. The normalized spacial score (nSPS) is 22.5. The van der Waals surface area contributed by atoms with Crippen molar-refractivity contribution in [3.8, 4) is 5.75 Å². The molecule has 34 heavy (non-hydrogen) atoms. The average Bonchev–Trinajstić information content (AvgIpc) is 3.35. The lowest BCUT2D eigenvalue weighted by atomic mass is 9.94. The number of carbonyl (C=O) groups is 1. The Bertz CT molecular complexity index is 1090. The van der Waals surface area contributed by atoms with Gasteiger partial charge in [-0.15, -0.1) is 0 Å². The van der Waals surface area contributed by atoms with Gasteiger partial charge in [-0.1, -0.05) is 29.8 Å². The van der Waals surface area contributed by atoms with Gasteiger partial charge in [0.25, 0.3) is 0 Å². The highest BCUT2D eigenvalue weighted by Crippen LogP contribution is 2.61. The van der Waals surface area contributed by atoms with E-state index in [4.69, 9.17) is 21.1 Å². The van der Waals surface area contributed by atoms with E-state index in [-0.39, 0.29) is 35.3 Å². The van der Waals surface area contributed by atoms with Crippen molar-refractivity contribution in [2.45, 2.75) is 63.9 Å². The van der Waals surface area contributed by atoms with Gasteiger partial charge < -0.3 is 25.0 Å². The van der Waals surface area contributed by atoms with Gasteiger partial charge in [-0.05, 0) is 62.9 Å². The Morgan fingerprint density at radius 3 is 2.74 bits per heavy atom. The van der Waals surface area contributed by atoms with Gasteiger partial charge in [-0.2, -0.15) is 0 Å². The summed E-state index contributed by atoms with van der Waals surface area (Å²) >= 11 is 5.76. The smallest absolute Gasteiger partial charge is 0.311 e. The van der Waals surface area contributed by atoms with Crippen LogP contribution in [0, 0.1) is 18.7 Å². The second-order valence-electron chi connectivity index (χ2n) is 10.0. The van der Waals surface area contributed by atoms with Gasteiger partial charge in [-0.25, -0.2) is 4.39 Å². The topological polar surface area (TPSA) is 88.0 Å². The Morgan fingerprint density at radius 2 is 2.06 bits per heavy atom. The fourth-order valence-corrected chi connectivity index (χ4v) is 4.92. The van der Waals surface area contributed by atoms with Gasteiger partial charge in [0.15, 0.2) is 0 Å². The van der Waals surface area contributed by atoms with E-state index in [1.54, 1.807) is 12.1 Å². The highest BCUT2D eigenvalue weighted by molar-refractivity contribution is 6.30. The van der Waals surface area contributed by atoms with Crippen molar-refractivity contribution in [1.29, 1.82) is 0 Å². The van der Waals surface area contributed by atoms with Crippen molar-refractivity contribution in [2.75, 3.05) is 13.2 Å². The third kappa shape index (κ3) is 5.08. The minimum absolute atomic E-state index is 0.0951. The summed E-state index contributed by atoms with van der Waals surface area (Å²) in [5.41, 5.74) is 3.24. The highest BCUT2D eigenvalue weighted by Gasteiger charge is 2.64. The van der Waals surface area contributed by atoms with Gasteiger partial charge in [0.2, 0.25) is 0 Å². The second kappa shape index (κ2) is 9.46. The molecule has 0 spiro atoms. The number of hydrogen-bond donors (Lipinski definition) is 3. The average molecular weight is 492 g/mol. The van der Waals surface area contributed by atoms with Crippen LogP contribution in [0.4, 0.5) is 4.39 Å². The number of aryl methyl sites for hydroxylation is 1. The molecular formula is C26H31ClFNO5. The molecule has 0 saturated heterocycles. The molecular weight excluding hydrogens is 461 g/mol. The Labute approximate surface area is 204 Å². The molecule has 0 amide bonds. The van der Waals surface area contributed by atoms with Crippen LogP contribution in [0.3, 0.4) is 0 Å². The number of β-amino-alcohol motifs (C(OH)–C–C–N with tert-alkyl or cyclic N) is 1. The van der Waals surface area contributed by atoms with Gasteiger partial charge in [-0.3, -0.25) is 4.79 Å². The molecule has 4 rings (SSSR count). The van der Waals surface area contributed by atoms with E-state index in [9.17, 15) is 19.4 Å². The number of nitrogens with one attached hydrogen (secondary N) is 1. The van der Waals surface area contributed by atoms with Crippen LogP contribution in [0.1, 0.15) is 55.0 Å². The molecule has 1 unspecified atom stereocenters. The largest absolute Gasteiger partial charge is 0.488 e. The fraction of sp³-hybridized carbons (Fsp3) is 0.500. The molecule has 2 aromatic carbocycles. The molecule has 2 aliphatic rings. The van der Waals surface area contributed by atoms with E-state index < -0.39 is 23.8 Å². The summed E-state index contributed by atoms with van der Waals surface area (Å²) in [6, 6.07) is 8.67. The van der Waals surface area contributed by atoms with Crippen LogP contribution >= 0.6 is 11.6 Å². The molecule has 1 aliphatic carbocycles. The number of aliphatic carboxylic acids is 1. The van der Waals surface area contributed by atoms with Crippen molar-refractivity contribution in [3.05, 3.63) is 63.4 Å². The summed E-state index contributed by atoms with van der Waals surface area (Å²) in [6.07, 6.45) is -0.815. The Balaban J connectivity index is 1.32. The van der Waals surface area contributed by atoms with E-state index in [2.05, 4.69) is 5.32 Å². The van der Waals surface area contributed by atoms with E-state index in [1.165, 1.54) is 6.07 Å². The van der Waals surface area contributed by atoms with Crippen LogP contribution in [0.2, 0.25) is 5.02 Å². The second-order valence-corrected chi connectivity index (χ2v) is 10.4. The first-order valence-electron chi connectivity index (χ1n) is 11.5. The lowest BCUT2D eigenvalue weighted by Crippen LogP contribution is -2.46. The van der Waals surface area contributed by atoms with Crippen LogP contribution in [-0.2, 0) is 16.0 Å². The summed E-state index contributed by atoms with van der Waals surface area (Å²) in [4.78, 5) is 11.5. The predicted molar refractivity (Wildman–Crippen MR) is 127 cm³/mol. The summed E-state index contributed by atoms with van der Waals surface area (Å²) in [7, 11) is 0. The zero-order valence-electron chi connectivity index (χ0n) is 19.8. The molecule has 1 saturated carbocycles. The molecule has 1 heterocycles. The SMILES string of the molecule is Cc1ccc([C@@H](C)OCC(O)CNC(C)(C)Cc2ccc(Cl)c(F)c2)c2c1O[C@H]1[C@H](C(=O)O)[C@@H]21. The minimum Gasteiger partial charge on any atom is -0.488 e. The minimum atomic E-state index is -0.841. The highest BCUT2D eigenvalue weighted by atomic mass is 35.5. The Kier molecular flexibility index (Phi) is 6.93. The van der Waals surface area contributed by atoms with Crippen molar-refractivity contribution in [2.24, 2.45) is 5.92 Å². The quantitative estimate of drug-likeness (QED) is 0.456. The summed E-state index contributed by atoms with van der Waals surface area (Å²) in [5, 5.41) is 23.3. The molecule has 1 aliphatic heterocycles. The fourth-order valence-electron chi connectivity index (χ4n) is 4.80. The standard InChI is InChI=1S/C26H31ClFNO5/c1-13-5-7-17(20-21-22(25(31)32)24(21)34-23(13)20)14(2)33-12-16(30)11-29-26(3,4)10-15-6-8-18(27)19(28)9-15/h5-9,14,16,21-22,24,29-30H,10-12H2,1-4H3,(H,31,32)/t14-,16?,21-,22-,24-/m1/s1. The molecule has 0 bridgehead atoms. The Hall–Kier alpha value is -2.19. The molecule has 0 radical (unpaired) electrons. The van der Waals surface area contributed by atoms with Crippen molar-refractivity contribution in [3.63, 3.8) is 0 Å². The van der Waals surface area contributed by atoms with E-state index in [0.29, 0.717) is 13.0 Å². The molecule has 5 atom stereocenters. The van der Waals surface area contributed by atoms with Crippen LogP contribution in [0.25, 0.3) is 0 Å². The first-order valence-corrected chi connectivity index (χ1v) is 11.9. The molecule has 2 aromatic rings. The van der Waals surface area contributed by atoms with Crippen LogP contribution in [0.5, 0.6) is 5.75 Å². The molecule has 0 aromatic heterocycles. The van der Waals surface area contributed by atoms with Crippen LogP contribution in [-0.4, -0.2) is 47.1 Å². The number of fused-ring (bicyclic) bond motifs is 3. The van der Waals surface area contributed by atoms with Gasteiger partial charge in [0.1, 0.15) is 23.6 Å². The lowest BCUT2D eigenvalue weighted by molar-refractivity contribution is -0.139. The van der Waals surface area contributed by atoms with Crippen molar-refractivity contribution < 1.29 is 28.9 Å². The van der Waals surface area contributed by atoms with Crippen LogP contribution in [0.15, 0.2) is 30.3 Å². The van der Waals surface area contributed by atoms with E-state index >= 15 is 0 Å². The van der Waals surface area contributed by atoms with Crippen molar-refractivity contribution >= 4 is 17.6 Å². The lowest BCUT2D eigenvalue weighted by Gasteiger charge is -2.28. The summed E-state index contributed by atoms with van der Waals surface area (Å²) in [5.74, 6) is -1.17. The molecule has 1 fully saturated rings. The maximum absolute atomic E-state index is 13.7. The first kappa shape index (κ1) is 24.9. The number of rotatable bonds is 10. The van der Waals surface area contributed by atoms with Crippen molar-refractivity contribution in [1.82, 2.24) is 5.32 Å².